The van der Waals surface area contributed by atoms with Crippen molar-refractivity contribution >= 4 is 23.5 Å². The molecular weight excluding hydrogens is 268 g/mol. The highest BCUT2D eigenvalue weighted by Gasteiger charge is 2.28. The molecule has 1 fully saturated rings. The molecule has 2 amide bonds. The first-order chi connectivity index (χ1) is 9.65. The number of thioether (sulfide) groups is 1. The van der Waals surface area contributed by atoms with E-state index in [2.05, 4.69) is 37.6 Å². The van der Waals surface area contributed by atoms with Crippen molar-refractivity contribution < 1.29 is 4.79 Å². The number of carbonyl (C=O) groups excluding carboxylic acids is 1. The highest BCUT2D eigenvalue weighted by Crippen LogP contribution is 2.22. The molecule has 1 aliphatic rings. The Morgan fingerprint density at radius 3 is 3.00 bits per heavy atom. The number of aryl methyl sites for hydroxylation is 2. The number of likely N-dealkylation sites (tertiary alicyclic amines) is 1. The number of amides is 2. The number of hydrogen-bond donors (Lipinski definition) is 1. The van der Waals surface area contributed by atoms with Gasteiger partial charge in [0.05, 0.1) is 0 Å². The van der Waals surface area contributed by atoms with Gasteiger partial charge in [-0.3, -0.25) is 0 Å². The van der Waals surface area contributed by atoms with Crippen molar-refractivity contribution in [3.63, 3.8) is 0 Å². The van der Waals surface area contributed by atoms with Crippen molar-refractivity contribution in [1.29, 1.82) is 0 Å². The van der Waals surface area contributed by atoms with E-state index in [0.29, 0.717) is 6.04 Å². The molecule has 0 radical (unpaired) electrons. The summed E-state index contributed by atoms with van der Waals surface area (Å²) in [5.74, 6) is 1.03. The van der Waals surface area contributed by atoms with E-state index in [1.807, 2.05) is 22.7 Å². The molecule has 110 valence electrons. The molecule has 1 aromatic rings. The summed E-state index contributed by atoms with van der Waals surface area (Å²) in [7, 11) is 0. The Hall–Kier alpha value is -1.16. The van der Waals surface area contributed by atoms with Crippen molar-refractivity contribution in [3.05, 3.63) is 29.3 Å². The van der Waals surface area contributed by atoms with E-state index >= 15 is 0 Å². The summed E-state index contributed by atoms with van der Waals surface area (Å²) in [5.41, 5.74) is 3.49. The average molecular weight is 292 g/mol. The number of nitrogens with one attached hydrogen (secondary N) is 1. The van der Waals surface area contributed by atoms with Crippen LogP contribution in [0.5, 0.6) is 0 Å². The molecule has 1 N–H and O–H groups in total. The summed E-state index contributed by atoms with van der Waals surface area (Å²) >= 11 is 1.81. The van der Waals surface area contributed by atoms with Crippen LogP contribution in [0.1, 0.15) is 30.9 Å². The molecule has 0 bridgehead atoms. The Kier molecular flexibility index (Phi) is 5.35. The van der Waals surface area contributed by atoms with Crippen LogP contribution in [0.2, 0.25) is 0 Å². The lowest BCUT2D eigenvalue weighted by atomic mass is 10.1. The first-order valence-corrected chi connectivity index (χ1v) is 8.71. The molecule has 2 rings (SSSR count). The first kappa shape index (κ1) is 15.2. The van der Waals surface area contributed by atoms with Gasteiger partial charge in [0.2, 0.25) is 0 Å². The summed E-state index contributed by atoms with van der Waals surface area (Å²) in [4.78, 5) is 14.4. The van der Waals surface area contributed by atoms with E-state index in [9.17, 15) is 4.79 Å². The van der Waals surface area contributed by atoms with Crippen LogP contribution in [0.3, 0.4) is 0 Å². The SMILES string of the molecule is CCc1cc(NC(=O)N2CCCC2CSC)ccc1C. The zero-order valence-corrected chi connectivity index (χ0v) is 13.4. The molecule has 3 nitrogen and oxygen atoms in total. The summed E-state index contributed by atoms with van der Waals surface area (Å²) in [6.45, 7) is 5.13. The Morgan fingerprint density at radius 2 is 2.30 bits per heavy atom. The number of hydrogen-bond acceptors (Lipinski definition) is 2. The summed E-state index contributed by atoms with van der Waals surface area (Å²) < 4.78 is 0. The zero-order valence-electron chi connectivity index (χ0n) is 12.6. The van der Waals surface area contributed by atoms with Gasteiger partial charge in [-0.1, -0.05) is 13.0 Å². The second-order valence-electron chi connectivity index (χ2n) is 5.37. The van der Waals surface area contributed by atoms with Crippen LogP contribution >= 0.6 is 11.8 Å². The van der Waals surface area contributed by atoms with Crippen molar-refractivity contribution in [2.24, 2.45) is 0 Å². The third-order valence-electron chi connectivity index (χ3n) is 3.98. The third-order valence-corrected chi connectivity index (χ3v) is 4.70. The molecule has 1 heterocycles. The Bertz CT molecular complexity index is 476. The molecule has 1 atom stereocenters. The zero-order chi connectivity index (χ0) is 14.5. The largest absolute Gasteiger partial charge is 0.322 e. The molecule has 0 spiro atoms. The van der Waals surface area contributed by atoms with Gasteiger partial charge >= 0.3 is 6.03 Å². The number of carbonyl (C=O) groups is 1. The van der Waals surface area contributed by atoms with Crippen molar-refractivity contribution in [1.82, 2.24) is 4.90 Å². The van der Waals surface area contributed by atoms with Gasteiger partial charge < -0.3 is 10.2 Å². The maximum atomic E-state index is 12.4. The van der Waals surface area contributed by atoms with Crippen LogP contribution < -0.4 is 5.32 Å². The van der Waals surface area contributed by atoms with E-state index in [1.54, 1.807) is 0 Å². The molecule has 1 aliphatic heterocycles. The van der Waals surface area contributed by atoms with E-state index < -0.39 is 0 Å². The van der Waals surface area contributed by atoms with E-state index in [-0.39, 0.29) is 6.03 Å². The van der Waals surface area contributed by atoms with Gasteiger partial charge in [-0.15, -0.1) is 0 Å². The fraction of sp³-hybridized carbons (Fsp3) is 0.562. The quantitative estimate of drug-likeness (QED) is 0.912. The van der Waals surface area contributed by atoms with Gasteiger partial charge in [-0.2, -0.15) is 11.8 Å². The maximum Gasteiger partial charge on any atom is 0.322 e. The minimum atomic E-state index is 0.0486. The van der Waals surface area contributed by atoms with Crippen LogP contribution in [0.4, 0.5) is 10.5 Å². The number of benzene rings is 1. The fourth-order valence-electron chi connectivity index (χ4n) is 2.79. The number of anilines is 1. The van der Waals surface area contributed by atoms with E-state index in [1.165, 1.54) is 11.1 Å². The van der Waals surface area contributed by atoms with Gasteiger partial charge in [0.1, 0.15) is 0 Å². The van der Waals surface area contributed by atoms with Gasteiger partial charge in [0, 0.05) is 24.0 Å². The molecule has 1 saturated heterocycles. The van der Waals surface area contributed by atoms with Crippen molar-refractivity contribution in [2.45, 2.75) is 39.2 Å². The van der Waals surface area contributed by atoms with Crippen LogP contribution in [-0.2, 0) is 6.42 Å². The van der Waals surface area contributed by atoms with Crippen molar-refractivity contribution in [2.75, 3.05) is 23.9 Å². The smallest absolute Gasteiger partial charge is 0.321 e. The van der Waals surface area contributed by atoms with Crippen LogP contribution in [-0.4, -0.2) is 35.5 Å². The number of nitrogens with zero attached hydrogens (tertiary/aromatic N) is 1. The Balaban J connectivity index is 2.04. The van der Waals surface area contributed by atoms with Crippen molar-refractivity contribution in [3.8, 4) is 0 Å². The predicted octanol–water partition coefficient (Wildman–Crippen LogP) is 3.92. The molecule has 4 heteroatoms. The minimum absolute atomic E-state index is 0.0486. The molecule has 20 heavy (non-hydrogen) atoms. The second-order valence-corrected chi connectivity index (χ2v) is 6.28. The standard InChI is InChI=1S/C16H24N2OS/c1-4-13-10-14(8-7-12(13)2)17-16(19)18-9-5-6-15(18)11-20-3/h7-8,10,15H,4-6,9,11H2,1-3H3,(H,17,19). The third kappa shape index (κ3) is 3.48. The topological polar surface area (TPSA) is 32.3 Å². The summed E-state index contributed by atoms with van der Waals surface area (Å²) in [5, 5.41) is 3.05. The highest BCUT2D eigenvalue weighted by molar-refractivity contribution is 7.98. The van der Waals surface area contributed by atoms with Gasteiger partial charge in [0.25, 0.3) is 0 Å². The van der Waals surface area contributed by atoms with Crippen LogP contribution in [0.25, 0.3) is 0 Å². The van der Waals surface area contributed by atoms with Gasteiger partial charge in [0.15, 0.2) is 0 Å². The lowest BCUT2D eigenvalue weighted by Crippen LogP contribution is -2.39. The number of urea groups is 1. The lowest BCUT2D eigenvalue weighted by Gasteiger charge is -2.24. The monoisotopic (exact) mass is 292 g/mol. The lowest BCUT2D eigenvalue weighted by molar-refractivity contribution is 0.211. The molecular formula is C16H24N2OS. The normalized spacial score (nSPS) is 18.4. The molecule has 0 aromatic heterocycles. The molecule has 0 saturated carbocycles. The van der Waals surface area contributed by atoms with E-state index in [4.69, 9.17) is 0 Å². The minimum Gasteiger partial charge on any atom is -0.321 e. The maximum absolute atomic E-state index is 12.4. The van der Waals surface area contributed by atoms with E-state index in [0.717, 1.165) is 37.2 Å². The average Bonchev–Trinajstić information content (AvgIpc) is 2.89. The Morgan fingerprint density at radius 1 is 1.50 bits per heavy atom. The first-order valence-electron chi connectivity index (χ1n) is 7.31. The summed E-state index contributed by atoms with van der Waals surface area (Å²) in [6.07, 6.45) is 5.34. The number of rotatable bonds is 4. The predicted molar refractivity (Wildman–Crippen MR) is 87.7 cm³/mol. The van der Waals surface area contributed by atoms with Gasteiger partial charge in [-0.05, 0) is 55.7 Å². The second kappa shape index (κ2) is 7.02. The highest BCUT2D eigenvalue weighted by atomic mass is 32.2. The summed E-state index contributed by atoms with van der Waals surface area (Å²) in [6, 6.07) is 6.60. The Labute approximate surface area is 126 Å². The van der Waals surface area contributed by atoms with Crippen LogP contribution in [0.15, 0.2) is 18.2 Å². The molecule has 0 aliphatic carbocycles. The fourth-order valence-corrected chi connectivity index (χ4v) is 3.53. The van der Waals surface area contributed by atoms with Gasteiger partial charge in [-0.25, -0.2) is 4.79 Å². The molecule has 1 aromatic carbocycles. The van der Waals surface area contributed by atoms with Crippen LogP contribution in [0, 0.1) is 6.92 Å². The molecule has 1 unspecified atom stereocenters.